The number of aromatic nitrogens is 1. The van der Waals surface area contributed by atoms with E-state index in [9.17, 15) is 14.4 Å². The van der Waals surface area contributed by atoms with E-state index < -0.39 is 23.9 Å². The lowest BCUT2D eigenvalue weighted by Gasteiger charge is -2.20. The molecule has 2 aromatic carbocycles. The second-order valence-electron chi connectivity index (χ2n) is 6.13. The van der Waals surface area contributed by atoms with Crippen molar-refractivity contribution in [3.63, 3.8) is 0 Å². The fourth-order valence-corrected chi connectivity index (χ4v) is 3.19. The molecule has 0 saturated carbocycles. The van der Waals surface area contributed by atoms with E-state index in [0.717, 1.165) is 16.5 Å². The van der Waals surface area contributed by atoms with E-state index >= 15 is 0 Å². The summed E-state index contributed by atoms with van der Waals surface area (Å²) in [6.45, 7) is 0. The maximum absolute atomic E-state index is 12.5. The van der Waals surface area contributed by atoms with Crippen LogP contribution >= 0.6 is 0 Å². The Morgan fingerprint density at radius 1 is 1.04 bits per heavy atom. The summed E-state index contributed by atoms with van der Waals surface area (Å²) in [6, 6.07) is 14.0. The van der Waals surface area contributed by atoms with Crippen molar-refractivity contribution in [2.45, 2.75) is 12.5 Å². The highest BCUT2D eigenvalue weighted by molar-refractivity contribution is 6.20. The van der Waals surface area contributed by atoms with Crippen LogP contribution in [-0.4, -0.2) is 41.0 Å². The smallest absolute Gasteiger partial charge is 0.338 e. The van der Waals surface area contributed by atoms with Gasteiger partial charge < -0.3 is 9.72 Å². The Morgan fingerprint density at radius 2 is 1.67 bits per heavy atom. The van der Waals surface area contributed by atoms with Gasteiger partial charge >= 0.3 is 5.97 Å². The molecule has 1 unspecified atom stereocenters. The van der Waals surface area contributed by atoms with Crippen molar-refractivity contribution >= 4 is 28.7 Å². The number of imide groups is 1. The number of esters is 1. The summed E-state index contributed by atoms with van der Waals surface area (Å²) in [4.78, 5) is 45.9. The average molecular weight is 364 g/mol. The van der Waals surface area contributed by atoms with Crippen LogP contribution < -0.4 is 0 Å². The number of hydroxylamine groups is 2. The molecule has 1 aliphatic rings. The number of para-hydroxylation sites is 1. The number of amides is 2. The quantitative estimate of drug-likeness (QED) is 0.555. The van der Waals surface area contributed by atoms with Crippen LogP contribution in [0.2, 0.25) is 0 Å². The van der Waals surface area contributed by atoms with E-state index in [-0.39, 0.29) is 17.5 Å². The molecule has 1 aliphatic heterocycles. The number of fused-ring (bicyclic) bond motifs is 2. The summed E-state index contributed by atoms with van der Waals surface area (Å²) in [5.41, 5.74) is 2.23. The maximum atomic E-state index is 12.5. The van der Waals surface area contributed by atoms with E-state index in [2.05, 4.69) is 4.98 Å². The fraction of sp³-hybridized carbons (Fsp3) is 0.150. The Hall–Kier alpha value is -3.45. The second kappa shape index (κ2) is 6.69. The van der Waals surface area contributed by atoms with Crippen LogP contribution in [0.1, 0.15) is 26.3 Å². The molecule has 3 aromatic rings. The Balaban J connectivity index is 1.61. The molecule has 27 heavy (non-hydrogen) atoms. The van der Waals surface area contributed by atoms with Gasteiger partial charge in [0.2, 0.25) is 0 Å². The zero-order chi connectivity index (χ0) is 19.0. The topological polar surface area (TPSA) is 88.7 Å². The summed E-state index contributed by atoms with van der Waals surface area (Å²) in [7, 11) is 1.23. The SMILES string of the molecule is COC(=O)C(Cc1c[nH]c2ccccc12)ON1C(=O)c2ccccc2C1=O. The van der Waals surface area contributed by atoms with E-state index in [1.165, 1.54) is 7.11 Å². The molecule has 0 spiro atoms. The number of hydrogen-bond acceptors (Lipinski definition) is 5. The average Bonchev–Trinajstić information content (AvgIpc) is 3.22. The number of ether oxygens (including phenoxy) is 1. The molecule has 2 amide bonds. The fourth-order valence-electron chi connectivity index (χ4n) is 3.19. The molecular weight excluding hydrogens is 348 g/mol. The zero-order valence-corrected chi connectivity index (χ0v) is 14.5. The van der Waals surface area contributed by atoms with Crippen LogP contribution in [0.4, 0.5) is 0 Å². The second-order valence-corrected chi connectivity index (χ2v) is 6.13. The number of carbonyl (C=O) groups is 3. The molecule has 136 valence electrons. The third kappa shape index (κ3) is 2.88. The maximum Gasteiger partial charge on any atom is 0.338 e. The van der Waals surface area contributed by atoms with Crippen molar-refractivity contribution in [3.05, 3.63) is 71.4 Å². The van der Waals surface area contributed by atoms with Crippen molar-refractivity contribution < 1.29 is 24.0 Å². The molecule has 0 bridgehead atoms. The Bertz CT molecular complexity index is 1020. The van der Waals surface area contributed by atoms with Crippen molar-refractivity contribution in [1.82, 2.24) is 10.0 Å². The number of hydrogen-bond donors (Lipinski definition) is 1. The minimum absolute atomic E-state index is 0.143. The Kier molecular flexibility index (Phi) is 4.21. The molecule has 4 rings (SSSR count). The van der Waals surface area contributed by atoms with Crippen LogP contribution in [-0.2, 0) is 20.8 Å². The van der Waals surface area contributed by atoms with Crippen LogP contribution in [0.3, 0.4) is 0 Å². The molecule has 1 N–H and O–H groups in total. The predicted molar refractivity (Wildman–Crippen MR) is 95.8 cm³/mol. The summed E-state index contributed by atoms with van der Waals surface area (Å²) in [5.74, 6) is -1.86. The lowest BCUT2D eigenvalue weighted by molar-refractivity contribution is -0.177. The van der Waals surface area contributed by atoms with Crippen LogP contribution in [0.25, 0.3) is 10.9 Å². The van der Waals surface area contributed by atoms with Crippen LogP contribution in [0, 0.1) is 0 Å². The number of benzene rings is 2. The number of nitrogens with zero attached hydrogens (tertiary/aromatic N) is 1. The molecular formula is C20H16N2O5. The number of carbonyl (C=O) groups excluding carboxylic acids is 3. The third-order valence-electron chi connectivity index (χ3n) is 4.53. The molecule has 1 atom stereocenters. The molecule has 7 heteroatoms. The predicted octanol–water partition coefficient (Wildman–Crippen LogP) is 2.48. The molecule has 7 nitrogen and oxygen atoms in total. The summed E-state index contributed by atoms with van der Waals surface area (Å²) < 4.78 is 4.81. The van der Waals surface area contributed by atoms with E-state index in [1.807, 2.05) is 24.3 Å². The van der Waals surface area contributed by atoms with Gasteiger partial charge in [0.1, 0.15) is 0 Å². The van der Waals surface area contributed by atoms with Gasteiger partial charge in [-0.2, -0.15) is 0 Å². The van der Waals surface area contributed by atoms with Gasteiger partial charge in [-0.3, -0.25) is 9.59 Å². The van der Waals surface area contributed by atoms with Crippen LogP contribution in [0.15, 0.2) is 54.7 Å². The van der Waals surface area contributed by atoms with E-state index in [1.54, 1.807) is 30.5 Å². The van der Waals surface area contributed by atoms with Crippen molar-refractivity contribution in [1.29, 1.82) is 0 Å². The van der Waals surface area contributed by atoms with Crippen molar-refractivity contribution in [2.24, 2.45) is 0 Å². The van der Waals surface area contributed by atoms with Gasteiger partial charge in [0.15, 0.2) is 6.10 Å². The zero-order valence-electron chi connectivity index (χ0n) is 14.5. The number of H-pyrrole nitrogens is 1. The first kappa shape index (κ1) is 17.0. The normalized spacial score (nSPS) is 14.5. The van der Waals surface area contributed by atoms with Gasteiger partial charge in [0, 0.05) is 23.5 Å². The van der Waals surface area contributed by atoms with E-state index in [4.69, 9.17) is 9.57 Å². The van der Waals surface area contributed by atoms with Crippen molar-refractivity contribution in [3.8, 4) is 0 Å². The van der Waals surface area contributed by atoms with E-state index in [0.29, 0.717) is 5.06 Å². The van der Waals surface area contributed by atoms with Gasteiger partial charge in [-0.1, -0.05) is 30.3 Å². The van der Waals surface area contributed by atoms with Gasteiger partial charge in [-0.15, -0.1) is 5.06 Å². The first-order valence-electron chi connectivity index (χ1n) is 8.37. The van der Waals surface area contributed by atoms with Crippen LogP contribution in [0.5, 0.6) is 0 Å². The number of nitrogens with one attached hydrogen (secondary N) is 1. The summed E-state index contributed by atoms with van der Waals surface area (Å²) >= 11 is 0. The lowest BCUT2D eigenvalue weighted by Crippen LogP contribution is -2.39. The lowest BCUT2D eigenvalue weighted by atomic mass is 10.1. The molecule has 1 aromatic heterocycles. The molecule has 0 radical (unpaired) electrons. The minimum Gasteiger partial charge on any atom is -0.467 e. The monoisotopic (exact) mass is 364 g/mol. The number of aromatic amines is 1. The van der Waals surface area contributed by atoms with Gasteiger partial charge in [-0.25, -0.2) is 9.63 Å². The van der Waals surface area contributed by atoms with Crippen molar-refractivity contribution in [2.75, 3.05) is 7.11 Å². The molecule has 2 heterocycles. The first-order chi connectivity index (χ1) is 13.1. The molecule has 0 aliphatic carbocycles. The highest BCUT2D eigenvalue weighted by Gasteiger charge is 2.39. The Labute approximate surface area is 154 Å². The van der Waals surface area contributed by atoms with Gasteiger partial charge in [0.25, 0.3) is 11.8 Å². The van der Waals surface area contributed by atoms with Gasteiger partial charge in [-0.05, 0) is 23.8 Å². The largest absolute Gasteiger partial charge is 0.467 e. The molecule has 0 fully saturated rings. The van der Waals surface area contributed by atoms with Gasteiger partial charge in [0.05, 0.1) is 18.2 Å². The summed E-state index contributed by atoms with van der Waals surface area (Å²) in [6.07, 6.45) is 0.771. The standard InChI is InChI=1S/C20H16N2O5/c1-26-20(25)17(10-12-11-21-16-9-5-4-6-13(12)16)27-22-18(23)14-7-2-3-8-15(14)19(22)24/h2-9,11,17,21H,10H2,1H3. The first-order valence-corrected chi connectivity index (χ1v) is 8.37. The summed E-state index contributed by atoms with van der Waals surface area (Å²) in [5, 5.41) is 1.57. The Morgan fingerprint density at radius 3 is 2.33 bits per heavy atom. The number of methoxy groups -OCH3 is 1. The highest BCUT2D eigenvalue weighted by Crippen LogP contribution is 2.25. The highest BCUT2D eigenvalue weighted by atomic mass is 16.7. The minimum atomic E-state index is -1.14. The third-order valence-corrected chi connectivity index (χ3v) is 4.53. The molecule has 0 saturated heterocycles. The number of rotatable bonds is 5.